The molecule has 0 aliphatic carbocycles. The molecular weight excluding hydrogens is 396 g/mol. The van der Waals surface area contributed by atoms with E-state index in [1.807, 2.05) is 57.3 Å². The molecule has 5 nitrogen and oxygen atoms in total. The summed E-state index contributed by atoms with van der Waals surface area (Å²) in [5.74, 6) is -0.403. The van der Waals surface area contributed by atoms with Gasteiger partial charge in [-0.2, -0.15) is 5.26 Å². The van der Waals surface area contributed by atoms with Crippen LogP contribution in [-0.2, 0) is 11.2 Å². The maximum absolute atomic E-state index is 10.9. The average Bonchev–Trinajstić information content (AvgIpc) is 3.21. The molecule has 3 rings (SSSR count). The van der Waals surface area contributed by atoms with Crippen molar-refractivity contribution in [3.8, 4) is 32.8 Å². The lowest BCUT2D eigenvalue weighted by Gasteiger charge is -2.11. The summed E-state index contributed by atoms with van der Waals surface area (Å²) in [5, 5.41) is 19.2. The third kappa shape index (κ3) is 4.76. The second-order valence-electron chi connectivity index (χ2n) is 6.92. The van der Waals surface area contributed by atoms with Gasteiger partial charge in [0.15, 0.2) is 0 Å². The van der Waals surface area contributed by atoms with Gasteiger partial charge >= 0.3 is 5.97 Å². The van der Waals surface area contributed by atoms with E-state index in [1.165, 1.54) is 11.3 Å². The molecule has 30 heavy (non-hydrogen) atoms. The number of ether oxygens (including phenoxy) is 1. The smallest absolute Gasteiger partial charge is 0.328 e. The van der Waals surface area contributed by atoms with E-state index in [0.29, 0.717) is 11.3 Å². The predicted molar refractivity (Wildman–Crippen MR) is 120 cm³/mol. The monoisotopic (exact) mass is 418 g/mol. The van der Waals surface area contributed by atoms with Gasteiger partial charge in [0.1, 0.15) is 16.8 Å². The Bertz CT molecular complexity index is 1140. The van der Waals surface area contributed by atoms with Crippen LogP contribution < -0.4 is 4.74 Å². The number of nitriles is 1. The number of aliphatic carboxylic acids is 1. The normalized spacial score (nSPS) is 11.0. The third-order valence-electron chi connectivity index (χ3n) is 4.45. The first-order chi connectivity index (χ1) is 14.4. The van der Waals surface area contributed by atoms with Crippen LogP contribution in [0.3, 0.4) is 0 Å². The molecule has 0 unspecified atom stereocenters. The highest BCUT2D eigenvalue weighted by atomic mass is 32.1. The number of carboxylic acids is 1. The predicted octanol–water partition coefficient (Wildman–Crippen LogP) is 5.80. The molecule has 152 valence electrons. The SMILES string of the molecule is CCc1c(C=CC(=O)O)cccc1-c1cnc(-c2ccc(OC(C)C)c(C#N)c2)s1. The van der Waals surface area contributed by atoms with Gasteiger partial charge in [-0.15, -0.1) is 11.3 Å². The molecule has 1 N–H and O–H groups in total. The molecular formula is C24H22N2O3S. The summed E-state index contributed by atoms with van der Waals surface area (Å²) in [5.41, 5.74) is 4.33. The Morgan fingerprint density at radius 3 is 2.80 bits per heavy atom. The number of nitrogens with zero attached hydrogens (tertiary/aromatic N) is 2. The zero-order chi connectivity index (χ0) is 21.7. The Morgan fingerprint density at radius 1 is 1.33 bits per heavy atom. The lowest BCUT2D eigenvalue weighted by Crippen LogP contribution is -2.06. The number of carboxylic acid groups (broad SMARTS) is 1. The highest BCUT2D eigenvalue weighted by molar-refractivity contribution is 7.18. The van der Waals surface area contributed by atoms with Crippen LogP contribution >= 0.6 is 11.3 Å². The molecule has 0 amide bonds. The summed E-state index contributed by atoms with van der Waals surface area (Å²) in [6.45, 7) is 5.89. The summed E-state index contributed by atoms with van der Waals surface area (Å²) in [4.78, 5) is 16.5. The van der Waals surface area contributed by atoms with Gasteiger partial charge in [0.25, 0.3) is 0 Å². The van der Waals surface area contributed by atoms with Crippen molar-refractivity contribution in [3.63, 3.8) is 0 Å². The zero-order valence-corrected chi connectivity index (χ0v) is 17.9. The van der Waals surface area contributed by atoms with Crippen molar-refractivity contribution in [2.45, 2.75) is 33.3 Å². The van der Waals surface area contributed by atoms with Gasteiger partial charge in [0.05, 0.1) is 16.5 Å². The molecule has 1 aromatic heterocycles. The van der Waals surface area contributed by atoms with Gasteiger partial charge in [-0.05, 0) is 61.2 Å². The molecule has 0 aliphatic heterocycles. The molecule has 0 aliphatic rings. The van der Waals surface area contributed by atoms with Crippen LogP contribution in [0.25, 0.3) is 27.1 Å². The van der Waals surface area contributed by atoms with Crippen LogP contribution in [0.15, 0.2) is 48.7 Å². The van der Waals surface area contributed by atoms with E-state index in [4.69, 9.17) is 9.84 Å². The Labute approximate surface area is 179 Å². The second kappa shape index (κ2) is 9.38. The fraction of sp³-hybridized carbons (Fsp3) is 0.208. The number of thiazole rings is 1. The minimum Gasteiger partial charge on any atom is -0.490 e. The fourth-order valence-corrected chi connectivity index (χ4v) is 4.15. The minimum atomic E-state index is -0.972. The van der Waals surface area contributed by atoms with Gasteiger partial charge in [0.2, 0.25) is 0 Å². The Hall–Kier alpha value is -3.43. The van der Waals surface area contributed by atoms with Crippen LogP contribution in [0.5, 0.6) is 5.75 Å². The van der Waals surface area contributed by atoms with E-state index in [9.17, 15) is 10.1 Å². The Balaban J connectivity index is 1.99. The minimum absolute atomic E-state index is 0.00988. The zero-order valence-electron chi connectivity index (χ0n) is 17.0. The van der Waals surface area contributed by atoms with Crippen LogP contribution in [0, 0.1) is 11.3 Å². The lowest BCUT2D eigenvalue weighted by molar-refractivity contribution is -0.131. The standard InChI is InChI=1S/C24H22N2O3S/c1-4-19-16(9-11-23(27)28)6-5-7-20(19)22-14-26-24(30-22)17-8-10-21(29-15(2)3)18(12-17)13-25/h5-12,14-15H,4H2,1-3H3,(H,27,28). The summed E-state index contributed by atoms with van der Waals surface area (Å²) < 4.78 is 5.70. The van der Waals surface area contributed by atoms with E-state index in [2.05, 4.69) is 11.1 Å². The summed E-state index contributed by atoms with van der Waals surface area (Å²) in [6, 6.07) is 13.6. The average molecular weight is 419 g/mol. The van der Waals surface area contributed by atoms with Crippen molar-refractivity contribution in [1.29, 1.82) is 5.26 Å². The van der Waals surface area contributed by atoms with E-state index < -0.39 is 5.97 Å². The molecule has 0 saturated heterocycles. The number of carbonyl (C=O) groups is 1. The first-order valence-electron chi connectivity index (χ1n) is 9.63. The maximum Gasteiger partial charge on any atom is 0.328 e. The van der Waals surface area contributed by atoms with Crippen molar-refractivity contribution in [2.24, 2.45) is 0 Å². The molecule has 0 saturated carbocycles. The van der Waals surface area contributed by atoms with Gasteiger partial charge in [0, 0.05) is 17.8 Å². The first-order valence-corrected chi connectivity index (χ1v) is 10.4. The maximum atomic E-state index is 10.9. The quantitative estimate of drug-likeness (QED) is 0.491. The number of hydrogen-bond donors (Lipinski definition) is 1. The van der Waals surface area contributed by atoms with E-state index in [-0.39, 0.29) is 6.10 Å². The molecule has 6 heteroatoms. The number of rotatable bonds is 7. The van der Waals surface area contributed by atoms with Crippen molar-refractivity contribution in [1.82, 2.24) is 4.98 Å². The molecule has 3 aromatic rings. The number of aromatic nitrogens is 1. The van der Waals surface area contributed by atoms with E-state index in [1.54, 1.807) is 12.1 Å². The van der Waals surface area contributed by atoms with Gasteiger partial charge in [-0.3, -0.25) is 0 Å². The Kier molecular flexibility index (Phi) is 6.65. The Morgan fingerprint density at radius 2 is 2.13 bits per heavy atom. The van der Waals surface area contributed by atoms with E-state index >= 15 is 0 Å². The second-order valence-corrected chi connectivity index (χ2v) is 7.95. The van der Waals surface area contributed by atoms with Gasteiger partial charge in [-0.1, -0.05) is 25.1 Å². The van der Waals surface area contributed by atoms with Gasteiger partial charge in [-0.25, -0.2) is 9.78 Å². The highest BCUT2D eigenvalue weighted by Gasteiger charge is 2.14. The van der Waals surface area contributed by atoms with Crippen LogP contribution in [0.4, 0.5) is 0 Å². The van der Waals surface area contributed by atoms with E-state index in [0.717, 1.165) is 44.6 Å². The molecule has 0 fully saturated rings. The summed E-state index contributed by atoms with van der Waals surface area (Å²) in [7, 11) is 0. The number of benzene rings is 2. The van der Waals surface area contributed by atoms with Gasteiger partial charge < -0.3 is 9.84 Å². The first kappa shape index (κ1) is 21.3. The molecule has 0 atom stereocenters. The summed E-state index contributed by atoms with van der Waals surface area (Å²) in [6.07, 6.45) is 5.36. The van der Waals surface area contributed by atoms with Crippen LogP contribution in [0.1, 0.15) is 37.5 Å². The fourth-order valence-electron chi connectivity index (χ4n) is 3.19. The van der Waals surface area contributed by atoms with Crippen molar-refractivity contribution >= 4 is 23.4 Å². The van der Waals surface area contributed by atoms with Crippen molar-refractivity contribution in [2.75, 3.05) is 0 Å². The third-order valence-corrected chi connectivity index (χ3v) is 5.53. The highest BCUT2D eigenvalue weighted by Crippen LogP contribution is 2.36. The van der Waals surface area contributed by atoms with Crippen LogP contribution in [-0.4, -0.2) is 22.2 Å². The molecule has 0 bridgehead atoms. The van der Waals surface area contributed by atoms with Crippen molar-refractivity contribution in [3.05, 3.63) is 65.4 Å². The molecule has 1 heterocycles. The largest absolute Gasteiger partial charge is 0.490 e. The lowest BCUT2D eigenvalue weighted by atomic mass is 9.97. The van der Waals surface area contributed by atoms with Crippen molar-refractivity contribution < 1.29 is 14.6 Å². The number of hydrogen-bond acceptors (Lipinski definition) is 5. The van der Waals surface area contributed by atoms with Crippen LogP contribution in [0.2, 0.25) is 0 Å². The molecule has 0 spiro atoms. The topological polar surface area (TPSA) is 83.2 Å². The molecule has 0 radical (unpaired) electrons. The molecule has 2 aromatic carbocycles. The summed E-state index contributed by atoms with van der Waals surface area (Å²) >= 11 is 1.54.